The van der Waals surface area contributed by atoms with Gasteiger partial charge in [-0.2, -0.15) is 0 Å². The Balaban J connectivity index is 2.50. The smallest absolute Gasteiger partial charge is 0.231 e. The molecule has 3 heteroatoms. The minimum Gasteiger partial charge on any atom is -0.399 e. The maximum absolute atomic E-state index is 11.4. The van der Waals surface area contributed by atoms with Crippen LogP contribution in [0.3, 0.4) is 0 Å². The molecule has 0 radical (unpaired) electrons. The summed E-state index contributed by atoms with van der Waals surface area (Å²) in [6.07, 6.45) is 0.822. The van der Waals surface area contributed by atoms with E-state index in [1.807, 2.05) is 19.1 Å². The van der Waals surface area contributed by atoms with Crippen molar-refractivity contribution in [1.29, 1.82) is 0 Å². The summed E-state index contributed by atoms with van der Waals surface area (Å²) < 4.78 is 0. The van der Waals surface area contributed by atoms with Crippen LogP contribution in [0.1, 0.15) is 24.8 Å². The first-order valence-corrected chi connectivity index (χ1v) is 4.42. The third-order valence-corrected chi connectivity index (χ3v) is 2.43. The molecule has 1 aromatic carbocycles. The summed E-state index contributed by atoms with van der Waals surface area (Å²) in [7, 11) is 0. The number of hydrogen-bond acceptors (Lipinski definition) is 2. The first kappa shape index (κ1) is 8.10. The van der Waals surface area contributed by atoms with Crippen LogP contribution in [-0.4, -0.2) is 5.91 Å². The zero-order valence-electron chi connectivity index (χ0n) is 7.50. The third-order valence-electron chi connectivity index (χ3n) is 2.43. The quantitative estimate of drug-likeness (QED) is 0.640. The minimum atomic E-state index is -0.0153. The van der Waals surface area contributed by atoms with E-state index >= 15 is 0 Å². The second-order valence-corrected chi connectivity index (χ2v) is 3.30. The molecule has 1 aliphatic heterocycles. The molecule has 3 nitrogen and oxygen atoms in total. The number of anilines is 2. The van der Waals surface area contributed by atoms with Crippen molar-refractivity contribution in [3.05, 3.63) is 23.8 Å². The third kappa shape index (κ3) is 1.16. The predicted octanol–water partition coefficient (Wildman–Crippen LogP) is 1.71. The highest BCUT2D eigenvalue weighted by molar-refractivity contribution is 6.03. The van der Waals surface area contributed by atoms with Crippen molar-refractivity contribution in [3.63, 3.8) is 0 Å². The monoisotopic (exact) mass is 176 g/mol. The number of nitrogen functional groups attached to an aromatic ring is 1. The summed E-state index contributed by atoms with van der Waals surface area (Å²) in [5.74, 6) is 0.0709. The van der Waals surface area contributed by atoms with Gasteiger partial charge in [-0.15, -0.1) is 0 Å². The number of rotatable bonds is 1. The SMILES string of the molecule is CC[C@@H]1C(=O)Nc2ccc(N)cc21. The number of nitrogens with one attached hydrogen (secondary N) is 1. The van der Waals surface area contributed by atoms with Crippen LogP contribution in [0, 0.1) is 0 Å². The Kier molecular flexibility index (Phi) is 1.72. The summed E-state index contributed by atoms with van der Waals surface area (Å²) >= 11 is 0. The summed E-state index contributed by atoms with van der Waals surface area (Å²) in [5.41, 5.74) is 8.31. The highest BCUT2D eigenvalue weighted by Gasteiger charge is 2.28. The molecular weight excluding hydrogens is 164 g/mol. The van der Waals surface area contributed by atoms with Gasteiger partial charge in [0.15, 0.2) is 0 Å². The molecule has 0 aromatic heterocycles. The first-order valence-electron chi connectivity index (χ1n) is 4.42. The highest BCUT2D eigenvalue weighted by atomic mass is 16.2. The van der Waals surface area contributed by atoms with Gasteiger partial charge < -0.3 is 11.1 Å². The van der Waals surface area contributed by atoms with E-state index in [4.69, 9.17) is 5.73 Å². The Morgan fingerprint density at radius 2 is 2.31 bits per heavy atom. The molecule has 3 N–H and O–H groups in total. The van der Waals surface area contributed by atoms with E-state index in [1.54, 1.807) is 6.07 Å². The number of hydrogen-bond donors (Lipinski definition) is 2. The molecule has 0 fully saturated rings. The van der Waals surface area contributed by atoms with Gasteiger partial charge in [-0.25, -0.2) is 0 Å². The molecule has 0 saturated carbocycles. The number of fused-ring (bicyclic) bond motifs is 1. The topological polar surface area (TPSA) is 55.1 Å². The molecule has 0 aliphatic carbocycles. The van der Waals surface area contributed by atoms with Crippen LogP contribution < -0.4 is 11.1 Å². The summed E-state index contributed by atoms with van der Waals surface area (Å²) in [6, 6.07) is 5.54. The van der Waals surface area contributed by atoms with Crippen molar-refractivity contribution in [2.24, 2.45) is 0 Å². The van der Waals surface area contributed by atoms with E-state index in [2.05, 4.69) is 5.32 Å². The fourth-order valence-electron chi connectivity index (χ4n) is 1.75. The van der Waals surface area contributed by atoms with Gasteiger partial charge in [0.25, 0.3) is 0 Å². The van der Waals surface area contributed by atoms with Gasteiger partial charge in [0.1, 0.15) is 0 Å². The molecule has 0 bridgehead atoms. The molecule has 1 aromatic rings. The van der Waals surface area contributed by atoms with Gasteiger partial charge in [0.2, 0.25) is 5.91 Å². The van der Waals surface area contributed by atoms with Crippen LogP contribution in [0.15, 0.2) is 18.2 Å². The number of amides is 1. The Hall–Kier alpha value is -1.51. The van der Waals surface area contributed by atoms with Gasteiger partial charge >= 0.3 is 0 Å². The molecule has 1 atom stereocenters. The maximum atomic E-state index is 11.4. The van der Waals surface area contributed by atoms with Crippen LogP contribution in [0.25, 0.3) is 0 Å². The Morgan fingerprint density at radius 1 is 1.54 bits per heavy atom. The molecule has 1 amide bonds. The van der Waals surface area contributed by atoms with Gasteiger partial charge in [0, 0.05) is 11.4 Å². The zero-order valence-corrected chi connectivity index (χ0v) is 7.50. The number of carbonyl (C=O) groups excluding carboxylic acids is 1. The Labute approximate surface area is 76.9 Å². The second kappa shape index (κ2) is 2.76. The van der Waals surface area contributed by atoms with Gasteiger partial charge in [-0.1, -0.05) is 6.92 Å². The van der Waals surface area contributed by atoms with Gasteiger partial charge in [-0.3, -0.25) is 4.79 Å². The van der Waals surface area contributed by atoms with E-state index in [0.717, 1.165) is 17.7 Å². The minimum absolute atomic E-state index is 0.0153. The predicted molar refractivity (Wildman–Crippen MR) is 52.5 cm³/mol. The van der Waals surface area contributed by atoms with Crippen molar-refractivity contribution in [1.82, 2.24) is 0 Å². The van der Waals surface area contributed by atoms with E-state index in [0.29, 0.717) is 5.69 Å². The van der Waals surface area contributed by atoms with E-state index < -0.39 is 0 Å². The Bertz CT molecular complexity index is 360. The van der Waals surface area contributed by atoms with Crippen LogP contribution >= 0.6 is 0 Å². The lowest BCUT2D eigenvalue weighted by molar-refractivity contribution is -0.117. The second-order valence-electron chi connectivity index (χ2n) is 3.30. The Morgan fingerprint density at radius 3 is 3.00 bits per heavy atom. The first-order chi connectivity index (χ1) is 6.22. The van der Waals surface area contributed by atoms with Crippen molar-refractivity contribution < 1.29 is 4.79 Å². The van der Waals surface area contributed by atoms with Crippen molar-refractivity contribution >= 4 is 17.3 Å². The number of carbonyl (C=O) groups is 1. The van der Waals surface area contributed by atoms with Crippen molar-refractivity contribution in [2.75, 3.05) is 11.1 Å². The van der Waals surface area contributed by atoms with Crippen molar-refractivity contribution in [3.8, 4) is 0 Å². The zero-order chi connectivity index (χ0) is 9.42. The van der Waals surface area contributed by atoms with Gasteiger partial charge in [-0.05, 0) is 30.2 Å². The van der Waals surface area contributed by atoms with E-state index in [1.165, 1.54) is 0 Å². The van der Waals surface area contributed by atoms with Crippen LogP contribution in [0.4, 0.5) is 11.4 Å². The normalized spacial score (nSPS) is 19.8. The summed E-state index contributed by atoms with van der Waals surface area (Å²) in [5, 5.41) is 2.83. The summed E-state index contributed by atoms with van der Waals surface area (Å²) in [4.78, 5) is 11.4. The van der Waals surface area contributed by atoms with Crippen molar-refractivity contribution in [2.45, 2.75) is 19.3 Å². The van der Waals surface area contributed by atoms with E-state index in [9.17, 15) is 4.79 Å². The average molecular weight is 176 g/mol. The largest absolute Gasteiger partial charge is 0.399 e. The number of benzene rings is 1. The summed E-state index contributed by atoms with van der Waals surface area (Å²) in [6.45, 7) is 2.00. The fraction of sp³-hybridized carbons (Fsp3) is 0.300. The number of nitrogens with two attached hydrogens (primary N) is 1. The molecular formula is C10H12N2O. The van der Waals surface area contributed by atoms with Crippen LogP contribution in [0.5, 0.6) is 0 Å². The molecule has 2 rings (SSSR count). The standard InChI is InChI=1S/C10H12N2O/c1-2-7-8-5-6(11)3-4-9(8)12-10(7)13/h3-5,7H,2,11H2,1H3,(H,12,13)/t7-/m0/s1. The lowest BCUT2D eigenvalue weighted by Gasteiger charge is -2.04. The molecule has 0 unspecified atom stereocenters. The fourth-order valence-corrected chi connectivity index (χ4v) is 1.75. The molecule has 1 aliphatic rings. The van der Waals surface area contributed by atoms with Crippen LogP contribution in [0.2, 0.25) is 0 Å². The average Bonchev–Trinajstić information content (AvgIpc) is 2.40. The highest BCUT2D eigenvalue weighted by Crippen LogP contribution is 2.35. The molecule has 1 heterocycles. The lowest BCUT2D eigenvalue weighted by Crippen LogP contribution is -2.10. The van der Waals surface area contributed by atoms with E-state index in [-0.39, 0.29) is 11.8 Å². The maximum Gasteiger partial charge on any atom is 0.231 e. The van der Waals surface area contributed by atoms with Gasteiger partial charge in [0.05, 0.1) is 5.92 Å². The lowest BCUT2D eigenvalue weighted by atomic mass is 9.98. The molecule has 0 spiro atoms. The molecule has 68 valence electrons. The molecule has 0 saturated heterocycles. The molecule has 13 heavy (non-hydrogen) atoms. The van der Waals surface area contributed by atoms with Crippen LogP contribution in [-0.2, 0) is 4.79 Å².